The molecule has 0 aliphatic carbocycles. The molecule has 0 unspecified atom stereocenters. The average molecular weight is 330 g/mol. The molecule has 1 aromatic carbocycles. The lowest BCUT2D eigenvalue weighted by Crippen LogP contribution is -2.32. The lowest BCUT2D eigenvalue weighted by atomic mass is 10.2. The largest absolute Gasteiger partial charge is 0.482 e. The lowest BCUT2D eigenvalue weighted by molar-refractivity contribution is -0.118. The van der Waals surface area contributed by atoms with Gasteiger partial charge in [0.1, 0.15) is 17.2 Å². The smallest absolute Gasteiger partial charge is 0.262 e. The van der Waals surface area contributed by atoms with Crippen LogP contribution in [-0.4, -0.2) is 38.3 Å². The van der Waals surface area contributed by atoms with Gasteiger partial charge in [0.25, 0.3) is 5.91 Å². The van der Waals surface area contributed by atoms with E-state index in [0.29, 0.717) is 5.69 Å². The van der Waals surface area contributed by atoms with Gasteiger partial charge < -0.3 is 10.1 Å². The number of hydrogen-bond acceptors (Lipinski definition) is 5. The first-order valence-electron chi connectivity index (χ1n) is 6.03. The summed E-state index contributed by atoms with van der Waals surface area (Å²) in [5, 5.41) is 11.2. The van der Waals surface area contributed by atoms with Crippen LogP contribution in [0.3, 0.4) is 0 Å². The number of carbonyl (C=O) groups excluding carboxylic acids is 1. The number of sulfonamides is 1. The predicted molar refractivity (Wildman–Crippen MR) is 75.6 cm³/mol. The van der Waals surface area contributed by atoms with Crippen LogP contribution >= 0.6 is 11.6 Å². The molecule has 7 nitrogen and oxygen atoms in total. The molecule has 0 saturated heterocycles. The molecule has 9 heteroatoms. The van der Waals surface area contributed by atoms with E-state index < -0.39 is 10.0 Å². The van der Waals surface area contributed by atoms with E-state index in [1.54, 1.807) is 13.0 Å². The van der Waals surface area contributed by atoms with Crippen LogP contribution in [0.5, 0.6) is 5.75 Å². The third-order valence-corrected chi connectivity index (χ3v) is 5.27. The third kappa shape index (κ3) is 2.95. The first-order chi connectivity index (χ1) is 9.90. The molecule has 0 radical (unpaired) electrons. The number of ether oxygens (including phenoxy) is 1. The zero-order valence-electron chi connectivity index (χ0n) is 11.1. The van der Waals surface area contributed by atoms with E-state index in [1.165, 1.54) is 12.1 Å². The number of hydrogen-bond donors (Lipinski definition) is 1. The summed E-state index contributed by atoms with van der Waals surface area (Å²) in [6.07, 6.45) is 0. The Bertz CT molecular complexity index is 727. The van der Waals surface area contributed by atoms with Crippen molar-refractivity contribution in [2.24, 2.45) is 0 Å². The molecule has 0 saturated carbocycles. The number of halogens is 1. The third-order valence-electron chi connectivity index (χ3n) is 2.88. The number of nitrogens with one attached hydrogen (secondary N) is 1. The van der Waals surface area contributed by atoms with Gasteiger partial charge in [-0.2, -0.15) is 9.57 Å². The fourth-order valence-corrected chi connectivity index (χ4v) is 3.73. The van der Waals surface area contributed by atoms with E-state index in [4.69, 9.17) is 21.6 Å². The Labute approximate surface area is 127 Å². The number of benzene rings is 1. The van der Waals surface area contributed by atoms with Gasteiger partial charge in [0, 0.05) is 12.6 Å². The van der Waals surface area contributed by atoms with Crippen molar-refractivity contribution >= 4 is 33.2 Å². The number of carbonyl (C=O) groups is 1. The summed E-state index contributed by atoms with van der Waals surface area (Å²) in [6.45, 7) is 1.30. The van der Waals surface area contributed by atoms with E-state index in [0.717, 1.165) is 4.31 Å². The molecule has 2 rings (SSSR count). The maximum Gasteiger partial charge on any atom is 0.262 e. The summed E-state index contributed by atoms with van der Waals surface area (Å²) in [4.78, 5) is 11.1. The Morgan fingerprint density at radius 3 is 2.86 bits per heavy atom. The fraction of sp³-hybridized carbons (Fsp3) is 0.333. The van der Waals surface area contributed by atoms with Crippen LogP contribution in [0.4, 0.5) is 5.69 Å². The van der Waals surface area contributed by atoms with E-state index >= 15 is 0 Å². The highest BCUT2D eigenvalue weighted by Gasteiger charge is 2.28. The second-order valence-corrected chi connectivity index (χ2v) is 6.52. The second-order valence-electron chi connectivity index (χ2n) is 4.20. The lowest BCUT2D eigenvalue weighted by Gasteiger charge is -2.22. The highest BCUT2D eigenvalue weighted by Crippen LogP contribution is 2.36. The van der Waals surface area contributed by atoms with Crippen LogP contribution in [0.2, 0.25) is 5.02 Å². The van der Waals surface area contributed by atoms with E-state index in [1.807, 2.05) is 0 Å². The highest BCUT2D eigenvalue weighted by atomic mass is 35.5. The van der Waals surface area contributed by atoms with Crippen LogP contribution in [0.15, 0.2) is 17.0 Å². The first-order valence-corrected chi connectivity index (χ1v) is 7.85. The Morgan fingerprint density at radius 2 is 2.24 bits per heavy atom. The Morgan fingerprint density at radius 1 is 1.52 bits per heavy atom. The molecule has 0 atom stereocenters. The topological polar surface area (TPSA) is 99.5 Å². The van der Waals surface area contributed by atoms with Gasteiger partial charge in [0.15, 0.2) is 6.61 Å². The number of rotatable bonds is 4. The van der Waals surface area contributed by atoms with Gasteiger partial charge in [0.05, 0.1) is 16.8 Å². The molecule has 1 heterocycles. The molecule has 1 aromatic rings. The van der Waals surface area contributed by atoms with Gasteiger partial charge in [-0.3, -0.25) is 4.79 Å². The Hall–Kier alpha value is -1.82. The molecular formula is C12H12ClN3O4S. The molecule has 1 aliphatic heterocycles. The summed E-state index contributed by atoms with van der Waals surface area (Å²) >= 11 is 6.00. The zero-order valence-corrected chi connectivity index (χ0v) is 12.7. The van der Waals surface area contributed by atoms with Gasteiger partial charge in [-0.25, -0.2) is 8.42 Å². The first kappa shape index (κ1) is 15.6. The monoisotopic (exact) mass is 329 g/mol. The molecule has 112 valence electrons. The van der Waals surface area contributed by atoms with Crippen LogP contribution in [0, 0.1) is 11.3 Å². The number of amides is 1. The number of nitriles is 1. The average Bonchev–Trinajstić information content (AvgIpc) is 2.43. The SMILES string of the molecule is CCN(CC#N)S(=O)(=O)c1cc2c(cc1Cl)NC(=O)CO2. The summed E-state index contributed by atoms with van der Waals surface area (Å²) in [5.41, 5.74) is 0.318. The highest BCUT2D eigenvalue weighted by molar-refractivity contribution is 7.89. The van der Waals surface area contributed by atoms with Gasteiger partial charge in [-0.1, -0.05) is 18.5 Å². The van der Waals surface area contributed by atoms with Gasteiger partial charge >= 0.3 is 0 Å². The van der Waals surface area contributed by atoms with Crippen molar-refractivity contribution < 1.29 is 17.9 Å². The zero-order chi connectivity index (χ0) is 15.6. The molecule has 0 spiro atoms. The van der Waals surface area contributed by atoms with Crippen LogP contribution in [0.1, 0.15) is 6.92 Å². The standard InChI is InChI=1S/C12H12ClN3O4S/c1-2-16(4-3-14)21(18,19)11-6-10-9(5-8(11)13)15-12(17)7-20-10/h5-6H,2,4,7H2,1H3,(H,15,17). The van der Waals surface area contributed by atoms with Crippen molar-refractivity contribution in [3.63, 3.8) is 0 Å². The number of nitrogens with zero attached hydrogens (tertiary/aromatic N) is 2. The minimum absolute atomic E-state index is 0.0454. The Balaban J connectivity index is 2.50. The van der Waals surface area contributed by atoms with Crippen molar-refractivity contribution in [3.05, 3.63) is 17.2 Å². The molecule has 0 aromatic heterocycles. The molecular weight excluding hydrogens is 318 g/mol. The molecule has 0 bridgehead atoms. The summed E-state index contributed by atoms with van der Waals surface area (Å²) in [5.74, 6) is -0.112. The molecule has 0 fully saturated rings. The predicted octanol–water partition coefficient (Wildman–Crippen LogP) is 1.21. The van der Waals surface area contributed by atoms with Crippen molar-refractivity contribution in [2.45, 2.75) is 11.8 Å². The van der Waals surface area contributed by atoms with Crippen LogP contribution in [0.25, 0.3) is 0 Å². The maximum atomic E-state index is 12.5. The van der Waals surface area contributed by atoms with Gasteiger partial charge in [0.2, 0.25) is 10.0 Å². The minimum atomic E-state index is -3.90. The van der Waals surface area contributed by atoms with E-state index in [2.05, 4.69) is 5.32 Å². The summed E-state index contributed by atoms with van der Waals surface area (Å²) in [6, 6.07) is 4.37. The molecule has 21 heavy (non-hydrogen) atoms. The normalized spacial score (nSPS) is 14.1. The summed E-state index contributed by atoms with van der Waals surface area (Å²) < 4.78 is 31.1. The second kappa shape index (κ2) is 5.89. The summed E-state index contributed by atoms with van der Waals surface area (Å²) in [7, 11) is -3.90. The molecule has 1 aliphatic rings. The number of fused-ring (bicyclic) bond motifs is 1. The fourth-order valence-electron chi connectivity index (χ4n) is 1.86. The van der Waals surface area contributed by atoms with Gasteiger partial charge in [-0.15, -0.1) is 0 Å². The number of anilines is 1. The van der Waals surface area contributed by atoms with Crippen LogP contribution < -0.4 is 10.1 Å². The minimum Gasteiger partial charge on any atom is -0.482 e. The Kier molecular flexibility index (Phi) is 4.37. The quantitative estimate of drug-likeness (QED) is 0.837. The van der Waals surface area contributed by atoms with Crippen molar-refractivity contribution in [1.82, 2.24) is 4.31 Å². The van der Waals surface area contributed by atoms with Crippen molar-refractivity contribution in [1.29, 1.82) is 5.26 Å². The van der Waals surface area contributed by atoms with Crippen molar-refractivity contribution in [2.75, 3.05) is 25.0 Å². The van der Waals surface area contributed by atoms with Gasteiger partial charge in [-0.05, 0) is 6.07 Å². The van der Waals surface area contributed by atoms with E-state index in [9.17, 15) is 13.2 Å². The van der Waals surface area contributed by atoms with E-state index in [-0.39, 0.29) is 41.3 Å². The van der Waals surface area contributed by atoms with Crippen LogP contribution in [-0.2, 0) is 14.8 Å². The molecule has 1 N–H and O–H groups in total. The van der Waals surface area contributed by atoms with Crippen molar-refractivity contribution in [3.8, 4) is 11.8 Å². The maximum absolute atomic E-state index is 12.5. The molecule has 1 amide bonds.